The van der Waals surface area contributed by atoms with Crippen LogP contribution >= 0.6 is 11.6 Å². The Morgan fingerprint density at radius 2 is 1.92 bits per heavy atom. The third-order valence-corrected chi connectivity index (χ3v) is 5.03. The van der Waals surface area contributed by atoms with E-state index in [0.29, 0.717) is 5.82 Å². The number of aromatic nitrogens is 1. The highest BCUT2D eigenvalue weighted by Gasteiger charge is 2.19. The molecule has 24 heavy (non-hydrogen) atoms. The minimum atomic E-state index is -3.72. The molecule has 0 radical (unpaired) electrons. The van der Waals surface area contributed by atoms with Crippen molar-refractivity contribution >= 4 is 33.3 Å². The molecule has 0 spiro atoms. The summed E-state index contributed by atoms with van der Waals surface area (Å²) in [7, 11) is -3.72. The number of rotatable bonds is 5. The van der Waals surface area contributed by atoms with E-state index in [9.17, 15) is 13.2 Å². The second-order valence-corrected chi connectivity index (χ2v) is 7.71. The number of benzene rings is 1. The number of pyridine rings is 1. The van der Waals surface area contributed by atoms with Crippen molar-refractivity contribution < 1.29 is 13.2 Å². The second-order valence-electron chi connectivity index (χ2n) is 5.59. The van der Waals surface area contributed by atoms with Gasteiger partial charge in [0.2, 0.25) is 10.0 Å². The number of aryl methyl sites for hydroxylation is 1. The molecule has 2 rings (SSSR count). The van der Waals surface area contributed by atoms with Crippen LogP contribution in [0.5, 0.6) is 0 Å². The first-order valence-corrected chi connectivity index (χ1v) is 9.11. The lowest BCUT2D eigenvalue weighted by molar-refractivity contribution is 0.102. The van der Waals surface area contributed by atoms with Crippen molar-refractivity contribution in [1.82, 2.24) is 9.71 Å². The third kappa shape index (κ3) is 4.53. The molecule has 0 unspecified atom stereocenters. The van der Waals surface area contributed by atoms with Gasteiger partial charge in [0.15, 0.2) is 0 Å². The molecular weight excluding hydrogens is 350 g/mol. The van der Waals surface area contributed by atoms with Crippen LogP contribution < -0.4 is 10.0 Å². The zero-order chi connectivity index (χ0) is 17.9. The molecular formula is C16H18ClN3O3S. The average Bonchev–Trinajstić information content (AvgIpc) is 2.46. The third-order valence-electron chi connectivity index (χ3n) is 3.04. The average molecular weight is 368 g/mol. The maximum atomic E-state index is 12.4. The van der Waals surface area contributed by atoms with Crippen molar-refractivity contribution in [2.45, 2.75) is 31.7 Å². The fourth-order valence-corrected chi connectivity index (χ4v) is 3.49. The van der Waals surface area contributed by atoms with Crippen molar-refractivity contribution in [3.8, 4) is 0 Å². The highest BCUT2D eigenvalue weighted by molar-refractivity contribution is 7.89. The standard InChI is InChI=1S/C16H18ClN3O3S/c1-10(2)20-24(22,23)12-4-5-14(17)13(9-12)16(21)19-15-8-11(3)6-7-18-15/h4-10,20H,1-3H3,(H,18,19,21). The molecule has 0 aliphatic carbocycles. The number of carbonyl (C=O) groups is 1. The number of nitrogens with zero attached hydrogens (tertiary/aromatic N) is 1. The fourth-order valence-electron chi connectivity index (χ4n) is 2.01. The molecule has 0 saturated carbocycles. The molecule has 0 aliphatic rings. The van der Waals surface area contributed by atoms with Crippen LogP contribution in [0, 0.1) is 6.92 Å². The lowest BCUT2D eigenvalue weighted by atomic mass is 10.2. The van der Waals surface area contributed by atoms with Crippen molar-refractivity contribution in [2.24, 2.45) is 0 Å². The largest absolute Gasteiger partial charge is 0.307 e. The van der Waals surface area contributed by atoms with Crippen molar-refractivity contribution in [3.05, 3.63) is 52.7 Å². The number of halogens is 1. The smallest absolute Gasteiger partial charge is 0.258 e. The SMILES string of the molecule is Cc1ccnc(NC(=O)c2cc(S(=O)(=O)NC(C)C)ccc2Cl)c1. The van der Waals surface area contributed by atoms with E-state index in [1.54, 1.807) is 32.2 Å². The number of nitrogens with one attached hydrogen (secondary N) is 2. The van der Waals surface area contributed by atoms with Gasteiger partial charge < -0.3 is 5.32 Å². The van der Waals surface area contributed by atoms with Gasteiger partial charge in [0.25, 0.3) is 5.91 Å². The zero-order valence-corrected chi connectivity index (χ0v) is 15.1. The number of hydrogen-bond donors (Lipinski definition) is 2. The summed E-state index contributed by atoms with van der Waals surface area (Å²) in [5.41, 5.74) is 0.996. The molecule has 0 bridgehead atoms. The number of sulfonamides is 1. The fraction of sp³-hybridized carbons (Fsp3) is 0.250. The first-order valence-electron chi connectivity index (χ1n) is 7.25. The summed E-state index contributed by atoms with van der Waals surface area (Å²) in [4.78, 5) is 16.4. The van der Waals surface area contributed by atoms with Gasteiger partial charge in [0, 0.05) is 12.2 Å². The van der Waals surface area contributed by atoms with E-state index < -0.39 is 15.9 Å². The number of carbonyl (C=O) groups excluding carboxylic acids is 1. The topological polar surface area (TPSA) is 88.2 Å². The first-order chi connectivity index (χ1) is 11.2. The van der Waals surface area contributed by atoms with E-state index in [-0.39, 0.29) is 21.5 Å². The van der Waals surface area contributed by atoms with Gasteiger partial charge in [-0.2, -0.15) is 0 Å². The Balaban J connectivity index is 2.33. The predicted molar refractivity (Wildman–Crippen MR) is 93.8 cm³/mol. The molecule has 6 nitrogen and oxygen atoms in total. The molecule has 2 N–H and O–H groups in total. The van der Waals surface area contributed by atoms with Crippen LogP contribution in [0.3, 0.4) is 0 Å². The van der Waals surface area contributed by atoms with Gasteiger partial charge in [-0.05, 0) is 56.7 Å². The summed E-state index contributed by atoms with van der Waals surface area (Å²) in [6.07, 6.45) is 1.57. The molecule has 0 atom stereocenters. The van der Waals surface area contributed by atoms with Crippen LogP contribution in [0.25, 0.3) is 0 Å². The normalized spacial score (nSPS) is 11.5. The van der Waals surface area contributed by atoms with Gasteiger partial charge >= 0.3 is 0 Å². The van der Waals surface area contributed by atoms with Crippen LogP contribution in [-0.4, -0.2) is 25.4 Å². The van der Waals surface area contributed by atoms with Crippen molar-refractivity contribution in [1.29, 1.82) is 0 Å². The van der Waals surface area contributed by atoms with E-state index in [0.717, 1.165) is 5.56 Å². The van der Waals surface area contributed by atoms with E-state index in [1.807, 2.05) is 6.92 Å². The molecule has 1 aromatic heterocycles. The highest BCUT2D eigenvalue weighted by Crippen LogP contribution is 2.22. The Kier molecular flexibility index (Phi) is 5.58. The summed E-state index contributed by atoms with van der Waals surface area (Å²) in [6.45, 7) is 5.30. The van der Waals surface area contributed by atoms with Crippen LogP contribution in [0.15, 0.2) is 41.4 Å². The highest BCUT2D eigenvalue weighted by atomic mass is 35.5. The van der Waals surface area contributed by atoms with Crippen LogP contribution in [0.2, 0.25) is 5.02 Å². The summed E-state index contributed by atoms with van der Waals surface area (Å²) in [6, 6.07) is 7.22. The first kappa shape index (κ1) is 18.4. The Morgan fingerprint density at radius 3 is 2.54 bits per heavy atom. The second kappa shape index (κ2) is 7.29. The van der Waals surface area contributed by atoms with E-state index in [1.165, 1.54) is 18.2 Å². The van der Waals surface area contributed by atoms with Crippen molar-refractivity contribution in [3.63, 3.8) is 0 Å². The Hall–Kier alpha value is -1.96. The monoisotopic (exact) mass is 367 g/mol. The maximum absolute atomic E-state index is 12.4. The van der Waals surface area contributed by atoms with Crippen molar-refractivity contribution in [2.75, 3.05) is 5.32 Å². The molecule has 8 heteroatoms. The number of amides is 1. The summed E-state index contributed by atoms with van der Waals surface area (Å²) < 4.78 is 26.9. The Morgan fingerprint density at radius 1 is 1.21 bits per heavy atom. The van der Waals surface area contributed by atoms with E-state index >= 15 is 0 Å². The maximum Gasteiger partial charge on any atom is 0.258 e. The molecule has 128 valence electrons. The van der Waals surface area contributed by atoms with Gasteiger partial charge in [-0.3, -0.25) is 4.79 Å². The minimum Gasteiger partial charge on any atom is -0.307 e. The molecule has 0 saturated heterocycles. The lowest BCUT2D eigenvalue weighted by Crippen LogP contribution is -2.30. The Labute approximate surface area is 146 Å². The quantitative estimate of drug-likeness (QED) is 0.850. The zero-order valence-electron chi connectivity index (χ0n) is 13.5. The van der Waals surface area contributed by atoms with Crippen LogP contribution in [0.4, 0.5) is 5.82 Å². The van der Waals surface area contributed by atoms with E-state index in [2.05, 4.69) is 15.0 Å². The van der Waals surface area contributed by atoms with Gasteiger partial charge in [-0.1, -0.05) is 11.6 Å². The van der Waals surface area contributed by atoms with Gasteiger partial charge in [0.1, 0.15) is 5.82 Å². The van der Waals surface area contributed by atoms with Crippen LogP contribution in [-0.2, 0) is 10.0 Å². The molecule has 1 heterocycles. The summed E-state index contributed by atoms with van der Waals surface area (Å²) in [5, 5.41) is 2.77. The van der Waals surface area contributed by atoms with Crippen LogP contribution in [0.1, 0.15) is 29.8 Å². The lowest BCUT2D eigenvalue weighted by Gasteiger charge is -2.12. The molecule has 0 fully saturated rings. The molecule has 2 aromatic rings. The molecule has 1 aromatic carbocycles. The van der Waals surface area contributed by atoms with Gasteiger partial charge in [-0.15, -0.1) is 0 Å². The summed E-state index contributed by atoms with van der Waals surface area (Å²) >= 11 is 6.05. The number of anilines is 1. The minimum absolute atomic E-state index is 0.0250. The Bertz CT molecular complexity index is 867. The predicted octanol–water partition coefficient (Wildman–Crippen LogP) is 2.98. The van der Waals surface area contributed by atoms with E-state index in [4.69, 9.17) is 11.6 Å². The molecule has 0 aliphatic heterocycles. The number of hydrogen-bond acceptors (Lipinski definition) is 4. The van der Waals surface area contributed by atoms with Gasteiger partial charge in [-0.25, -0.2) is 18.1 Å². The van der Waals surface area contributed by atoms with Gasteiger partial charge in [0.05, 0.1) is 15.5 Å². The molecule has 1 amide bonds. The summed E-state index contributed by atoms with van der Waals surface area (Å²) in [5.74, 6) is -0.163.